The molecule has 124 valence electrons. The van der Waals surface area contributed by atoms with Crippen LogP contribution in [-0.2, 0) is 11.6 Å². The maximum absolute atomic E-state index is 12.8. The van der Waals surface area contributed by atoms with E-state index in [4.69, 9.17) is 4.74 Å². The molecule has 0 aliphatic heterocycles. The Morgan fingerprint density at radius 3 is 2.13 bits per heavy atom. The van der Waals surface area contributed by atoms with Crippen LogP contribution in [0.1, 0.15) is 31.9 Å². The minimum absolute atomic E-state index is 0.0204. The van der Waals surface area contributed by atoms with E-state index in [1.54, 1.807) is 0 Å². The number of nitrogens with zero attached hydrogens (tertiary/aromatic N) is 2. The molecular weight excluding hydrogens is 307 g/mol. The van der Waals surface area contributed by atoms with Gasteiger partial charge in [0, 0.05) is 11.9 Å². The number of benzene rings is 1. The molecule has 2 rings (SSSR count). The molecule has 0 bridgehead atoms. The van der Waals surface area contributed by atoms with Crippen molar-refractivity contribution in [3.8, 4) is 5.88 Å². The molecule has 0 spiro atoms. The van der Waals surface area contributed by atoms with Crippen LogP contribution in [0.3, 0.4) is 0 Å². The van der Waals surface area contributed by atoms with Gasteiger partial charge >= 0.3 is 6.18 Å². The SMILES string of the molecule is COc1nc(Nc2ccc(C(C)(C)C)cc2)ncc1C(F)(F)F. The fraction of sp³-hybridized carbons (Fsp3) is 0.375. The van der Waals surface area contributed by atoms with E-state index in [1.807, 2.05) is 24.3 Å². The lowest BCUT2D eigenvalue weighted by Crippen LogP contribution is -2.11. The summed E-state index contributed by atoms with van der Waals surface area (Å²) in [6.07, 6.45) is -3.85. The predicted octanol–water partition coefficient (Wildman–Crippen LogP) is 4.55. The van der Waals surface area contributed by atoms with Crippen molar-refractivity contribution in [2.75, 3.05) is 12.4 Å². The Morgan fingerprint density at radius 1 is 1.04 bits per heavy atom. The molecule has 0 unspecified atom stereocenters. The number of nitrogens with one attached hydrogen (secondary N) is 1. The highest BCUT2D eigenvalue weighted by Crippen LogP contribution is 2.35. The van der Waals surface area contributed by atoms with Crippen LogP contribution >= 0.6 is 0 Å². The topological polar surface area (TPSA) is 47.0 Å². The molecular formula is C16H18F3N3O. The van der Waals surface area contributed by atoms with Crippen molar-refractivity contribution < 1.29 is 17.9 Å². The zero-order chi connectivity index (χ0) is 17.3. The van der Waals surface area contributed by atoms with E-state index in [0.717, 1.165) is 12.7 Å². The van der Waals surface area contributed by atoms with Crippen LogP contribution < -0.4 is 10.1 Å². The Hall–Kier alpha value is -2.31. The van der Waals surface area contributed by atoms with Gasteiger partial charge in [-0.2, -0.15) is 18.2 Å². The molecule has 0 radical (unpaired) electrons. The van der Waals surface area contributed by atoms with Gasteiger partial charge < -0.3 is 10.1 Å². The summed E-state index contributed by atoms with van der Waals surface area (Å²) in [6, 6.07) is 7.55. The number of aromatic nitrogens is 2. The quantitative estimate of drug-likeness (QED) is 0.899. The first-order chi connectivity index (χ1) is 10.6. The average Bonchev–Trinajstić information content (AvgIpc) is 2.45. The zero-order valence-electron chi connectivity index (χ0n) is 13.3. The normalized spacial score (nSPS) is 12.1. The van der Waals surface area contributed by atoms with Crippen molar-refractivity contribution in [1.82, 2.24) is 9.97 Å². The average molecular weight is 325 g/mol. The Labute approximate surface area is 132 Å². The van der Waals surface area contributed by atoms with Crippen molar-refractivity contribution in [1.29, 1.82) is 0 Å². The smallest absolute Gasteiger partial charge is 0.423 e. The first kappa shape index (κ1) is 17.1. The number of hydrogen-bond acceptors (Lipinski definition) is 4. The van der Waals surface area contributed by atoms with Crippen molar-refractivity contribution in [3.05, 3.63) is 41.6 Å². The van der Waals surface area contributed by atoms with Crippen molar-refractivity contribution in [3.63, 3.8) is 0 Å². The molecule has 1 heterocycles. The number of alkyl halides is 3. The Bertz CT molecular complexity index is 676. The van der Waals surface area contributed by atoms with Crippen LogP contribution in [0.4, 0.5) is 24.8 Å². The summed E-state index contributed by atoms with van der Waals surface area (Å²) >= 11 is 0. The molecule has 0 fully saturated rings. The minimum Gasteiger partial charge on any atom is -0.480 e. The lowest BCUT2D eigenvalue weighted by atomic mass is 9.87. The molecule has 2 aromatic rings. The van der Waals surface area contributed by atoms with E-state index >= 15 is 0 Å². The number of rotatable bonds is 3. The van der Waals surface area contributed by atoms with Crippen LogP contribution in [0.2, 0.25) is 0 Å². The van der Waals surface area contributed by atoms with Gasteiger partial charge in [0.1, 0.15) is 5.56 Å². The summed E-state index contributed by atoms with van der Waals surface area (Å²) in [6.45, 7) is 6.29. The predicted molar refractivity (Wildman–Crippen MR) is 82.0 cm³/mol. The summed E-state index contributed by atoms with van der Waals surface area (Å²) in [7, 11) is 1.14. The summed E-state index contributed by atoms with van der Waals surface area (Å²) in [5, 5.41) is 2.87. The maximum Gasteiger partial charge on any atom is 0.423 e. The summed E-state index contributed by atoms with van der Waals surface area (Å²) in [5.41, 5.74) is 0.842. The van der Waals surface area contributed by atoms with Gasteiger partial charge in [0.15, 0.2) is 0 Å². The number of anilines is 2. The Morgan fingerprint density at radius 2 is 1.65 bits per heavy atom. The van der Waals surface area contributed by atoms with Gasteiger partial charge in [-0.1, -0.05) is 32.9 Å². The molecule has 4 nitrogen and oxygen atoms in total. The van der Waals surface area contributed by atoms with Crippen LogP contribution in [-0.4, -0.2) is 17.1 Å². The van der Waals surface area contributed by atoms with Crippen molar-refractivity contribution in [2.45, 2.75) is 32.4 Å². The highest BCUT2D eigenvalue weighted by atomic mass is 19.4. The lowest BCUT2D eigenvalue weighted by Gasteiger charge is -2.19. The lowest BCUT2D eigenvalue weighted by molar-refractivity contribution is -0.139. The van der Waals surface area contributed by atoms with E-state index < -0.39 is 17.6 Å². The third kappa shape index (κ3) is 4.12. The molecule has 1 N–H and O–H groups in total. The largest absolute Gasteiger partial charge is 0.480 e. The van der Waals surface area contributed by atoms with Crippen molar-refractivity contribution in [2.24, 2.45) is 0 Å². The summed E-state index contributed by atoms with van der Waals surface area (Å²) < 4.78 is 43.0. The van der Waals surface area contributed by atoms with Crippen LogP contribution in [0, 0.1) is 0 Å². The molecule has 0 aliphatic carbocycles. The van der Waals surface area contributed by atoms with E-state index in [0.29, 0.717) is 11.9 Å². The third-order valence-electron chi connectivity index (χ3n) is 3.26. The molecule has 23 heavy (non-hydrogen) atoms. The highest BCUT2D eigenvalue weighted by molar-refractivity contribution is 5.54. The monoisotopic (exact) mass is 325 g/mol. The zero-order valence-corrected chi connectivity index (χ0v) is 13.3. The van der Waals surface area contributed by atoms with Crippen LogP contribution in [0.15, 0.2) is 30.5 Å². The molecule has 0 saturated heterocycles. The van der Waals surface area contributed by atoms with Gasteiger partial charge in [-0.05, 0) is 23.1 Å². The van der Waals surface area contributed by atoms with Crippen LogP contribution in [0.5, 0.6) is 5.88 Å². The molecule has 0 amide bonds. The van der Waals surface area contributed by atoms with Gasteiger partial charge in [-0.3, -0.25) is 0 Å². The Balaban J connectivity index is 2.24. The second-order valence-electron chi connectivity index (χ2n) is 6.07. The maximum atomic E-state index is 12.8. The first-order valence-electron chi connectivity index (χ1n) is 6.97. The van der Waals surface area contributed by atoms with Gasteiger partial charge in [0.05, 0.1) is 7.11 Å². The number of ether oxygens (including phenoxy) is 1. The Kier molecular flexibility index (Phi) is 4.49. The standard InChI is InChI=1S/C16H18F3N3O/c1-15(2,3)10-5-7-11(8-6-10)21-14-20-9-12(16(17,18)19)13(22-14)23-4/h5-9H,1-4H3,(H,20,21,22). The number of hydrogen-bond donors (Lipinski definition) is 1. The fourth-order valence-electron chi connectivity index (χ4n) is 1.96. The third-order valence-corrected chi connectivity index (χ3v) is 3.26. The van der Waals surface area contributed by atoms with Crippen LogP contribution in [0.25, 0.3) is 0 Å². The van der Waals surface area contributed by atoms with Gasteiger partial charge in [-0.15, -0.1) is 0 Å². The van der Waals surface area contributed by atoms with Crippen molar-refractivity contribution >= 4 is 11.6 Å². The second-order valence-corrected chi connectivity index (χ2v) is 6.07. The van der Waals surface area contributed by atoms with E-state index in [9.17, 15) is 13.2 Å². The van der Waals surface area contributed by atoms with Gasteiger partial charge in [0.2, 0.25) is 11.8 Å². The molecule has 1 aromatic heterocycles. The minimum atomic E-state index is -4.56. The first-order valence-corrected chi connectivity index (χ1v) is 6.97. The highest BCUT2D eigenvalue weighted by Gasteiger charge is 2.36. The van der Waals surface area contributed by atoms with E-state index in [-0.39, 0.29) is 11.4 Å². The number of halogens is 3. The molecule has 0 atom stereocenters. The molecule has 1 aromatic carbocycles. The van der Waals surface area contributed by atoms with Gasteiger partial charge in [0.25, 0.3) is 0 Å². The molecule has 7 heteroatoms. The molecule has 0 saturated carbocycles. The number of methoxy groups -OCH3 is 1. The van der Waals surface area contributed by atoms with E-state index in [2.05, 4.69) is 36.1 Å². The second kappa shape index (κ2) is 6.06. The molecule has 0 aliphatic rings. The van der Waals surface area contributed by atoms with Gasteiger partial charge in [-0.25, -0.2) is 4.98 Å². The fourth-order valence-corrected chi connectivity index (χ4v) is 1.96. The van der Waals surface area contributed by atoms with E-state index in [1.165, 1.54) is 0 Å². The summed E-state index contributed by atoms with van der Waals surface area (Å²) in [4.78, 5) is 7.46. The summed E-state index contributed by atoms with van der Waals surface area (Å²) in [5.74, 6) is -0.473.